The fraction of sp³-hybridized carbons (Fsp3) is 0.900. The van der Waals surface area contributed by atoms with Crippen LogP contribution in [0.5, 0.6) is 0 Å². The third-order valence-corrected chi connectivity index (χ3v) is 2.67. The standard InChI is InChI=1S/C10H20N2/c1-3-4-6-9(2)12-8-5-7-10(12)11/h9,11H,3-8H2,1-2H3. The number of amidine groups is 1. The molecule has 1 atom stereocenters. The van der Waals surface area contributed by atoms with Gasteiger partial charge in [-0.25, -0.2) is 0 Å². The smallest absolute Gasteiger partial charge is 0.0960 e. The first-order chi connectivity index (χ1) is 5.75. The van der Waals surface area contributed by atoms with Gasteiger partial charge in [-0.15, -0.1) is 0 Å². The molecule has 1 N–H and O–H groups in total. The lowest BCUT2D eigenvalue weighted by Crippen LogP contribution is -2.33. The van der Waals surface area contributed by atoms with E-state index in [2.05, 4.69) is 18.7 Å². The van der Waals surface area contributed by atoms with Crippen molar-refractivity contribution < 1.29 is 0 Å². The minimum Gasteiger partial charge on any atom is -0.358 e. The Labute approximate surface area is 75.5 Å². The second-order valence-corrected chi connectivity index (χ2v) is 3.73. The predicted molar refractivity (Wildman–Crippen MR) is 52.7 cm³/mol. The molecule has 1 aliphatic heterocycles. The average molecular weight is 168 g/mol. The third kappa shape index (κ3) is 2.23. The molecule has 12 heavy (non-hydrogen) atoms. The van der Waals surface area contributed by atoms with Crippen LogP contribution >= 0.6 is 0 Å². The second kappa shape index (κ2) is 4.48. The molecule has 0 bridgehead atoms. The van der Waals surface area contributed by atoms with Crippen molar-refractivity contribution in [3.05, 3.63) is 0 Å². The average Bonchev–Trinajstić information content (AvgIpc) is 2.47. The van der Waals surface area contributed by atoms with Gasteiger partial charge >= 0.3 is 0 Å². The van der Waals surface area contributed by atoms with Gasteiger partial charge < -0.3 is 4.90 Å². The van der Waals surface area contributed by atoms with Crippen LogP contribution in [0.3, 0.4) is 0 Å². The first kappa shape index (κ1) is 9.56. The number of likely N-dealkylation sites (tertiary alicyclic amines) is 1. The topological polar surface area (TPSA) is 27.1 Å². The summed E-state index contributed by atoms with van der Waals surface area (Å²) in [7, 11) is 0. The fourth-order valence-corrected chi connectivity index (χ4v) is 1.84. The van der Waals surface area contributed by atoms with Gasteiger partial charge in [-0.05, 0) is 19.8 Å². The van der Waals surface area contributed by atoms with Crippen LogP contribution in [-0.2, 0) is 0 Å². The van der Waals surface area contributed by atoms with Crippen LogP contribution < -0.4 is 0 Å². The molecular weight excluding hydrogens is 148 g/mol. The minimum atomic E-state index is 0.597. The van der Waals surface area contributed by atoms with Crippen molar-refractivity contribution in [1.29, 1.82) is 5.41 Å². The molecule has 0 spiro atoms. The molecule has 0 aliphatic carbocycles. The molecule has 1 rings (SSSR count). The van der Waals surface area contributed by atoms with Crippen molar-refractivity contribution in [2.24, 2.45) is 0 Å². The Balaban J connectivity index is 2.30. The van der Waals surface area contributed by atoms with E-state index in [1.807, 2.05) is 0 Å². The van der Waals surface area contributed by atoms with Crippen molar-refractivity contribution in [2.45, 2.75) is 52.0 Å². The molecule has 0 aromatic carbocycles. The maximum absolute atomic E-state index is 7.70. The molecule has 0 radical (unpaired) electrons. The number of hydrogen-bond acceptors (Lipinski definition) is 1. The molecule has 1 aliphatic rings. The summed E-state index contributed by atoms with van der Waals surface area (Å²) in [4.78, 5) is 2.26. The predicted octanol–water partition coefficient (Wildman–Crippen LogP) is 2.64. The Morgan fingerprint density at radius 2 is 2.33 bits per heavy atom. The zero-order valence-electron chi connectivity index (χ0n) is 8.27. The lowest BCUT2D eigenvalue weighted by atomic mass is 10.1. The number of rotatable bonds is 4. The van der Waals surface area contributed by atoms with E-state index in [4.69, 9.17) is 5.41 Å². The van der Waals surface area contributed by atoms with Gasteiger partial charge in [-0.1, -0.05) is 19.8 Å². The number of nitrogens with zero attached hydrogens (tertiary/aromatic N) is 1. The van der Waals surface area contributed by atoms with Crippen LogP contribution in [0.2, 0.25) is 0 Å². The first-order valence-electron chi connectivity index (χ1n) is 5.09. The Bertz CT molecular complexity index is 154. The zero-order chi connectivity index (χ0) is 8.97. The maximum atomic E-state index is 7.70. The summed E-state index contributed by atoms with van der Waals surface area (Å²) in [6.45, 7) is 5.58. The van der Waals surface area contributed by atoms with Crippen LogP contribution in [0.1, 0.15) is 46.0 Å². The molecule has 2 heteroatoms. The highest BCUT2D eigenvalue weighted by molar-refractivity contribution is 5.81. The van der Waals surface area contributed by atoms with Gasteiger partial charge in [0.2, 0.25) is 0 Å². The van der Waals surface area contributed by atoms with Crippen molar-refractivity contribution in [3.8, 4) is 0 Å². The van der Waals surface area contributed by atoms with Crippen molar-refractivity contribution in [2.75, 3.05) is 6.54 Å². The highest BCUT2D eigenvalue weighted by Gasteiger charge is 2.21. The number of nitrogens with one attached hydrogen (secondary N) is 1. The Kier molecular flexibility index (Phi) is 3.57. The van der Waals surface area contributed by atoms with E-state index in [-0.39, 0.29) is 0 Å². The minimum absolute atomic E-state index is 0.597. The van der Waals surface area contributed by atoms with Crippen LogP contribution in [-0.4, -0.2) is 23.3 Å². The molecule has 1 heterocycles. The van der Waals surface area contributed by atoms with Crippen LogP contribution in [0.25, 0.3) is 0 Å². The molecule has 1 unspecified atom stereocenters. The summed E-state index contributed by atoms with van der Waals surface area (Å²) in [5.41, 5.74) is 0. The quantitative estimate of drug-likeness (QED) is 0.686. The highest BCUT2D eigenvalue weighted by atomic mass is 15.2. The van der Waals surface area contributed by atoms with E-state index < -0.39 is 0 Å². The van der Waals surface area contributed by atoms with Crippen LogP contribution in [0, 0.1) is 5.41 Å². The molecule has 0 amide bonds. The Morgan fingerprint density at radius 3 is 2.83 bits per heavy atom. The van der Waals surface area contributed by atoms with Gasteiger partial charge in [0.25, 0.3) is 0 Å². The van der Waals surface area contributed by atoms with Gasteiger partial charge in [-0.2, -0.15) is 0 Å². The summed E-state index contributed by atoms with van der Waals surface area (Å²) in [5.74, 6) is 0.860. The largest absolute Gasteiger partial charge is 0.358 e. The summed E-state index contributed by atoms with van der Waals surface area (Å²) in [6, 6.07) is 0.597. The highest BCUT2D eigenvalue weighted by Crippen LogP contribution is 2.16. The van der Waals surface area contributed by atoms with Crippen molar-refractivity contribution in [1.82, 2.24) is 4.90 Å². The summed E-state index contributed by atoms with van der Waals surface area (Å²) in [5, 5.41) is 7.70. The van der Waals surface area contributed by atoms with E-state index in [1.54, 1.807) is 0 Å². The molecule has 1 saturated heterocycles. The molecule has 0 saturated carbocycles. The van der Waals surface area contributed by atoms with Gasteiger partial charge in [0.15, 0.2) is 0 Å². The second-order valence-electron chi connectivity index (χ2n) is 3.73. The van der Waals surface area contributed by atoms with Gasteiger partial charge in [0.05, 0.1) is 5.84 Å². The van der Waals surface area contributed by atoms with Gasteiger partial charge in [0, 0.05) is 19.0 Å². The molecular formula is C10H20N2. The lowest BCUT2D eigenvalue weighted by Gasteiger charge is -2.25. The number of unbranched alkanes of at least 4 members (excludes halogenated alkanes) is 1. The molecule has 2 nitrogen and oxygen atoms in total. The molecule has 0 aromatic rings. The fourth-order valence-electron chi connectivity index (χ4n) is 1.84. The lowest BCUT2D eigenvalue weighted by molar-refractivity contribution is 0.329. The zero-order valence-corrected chi connectivity index (χ0v) is 8.27. The molecule has 1 fully saturated rings. The molecule has 0 aromatic heterocycles. The Morgan fingerprint density at radius 1 is 1.58 bits per heavy atom. The normalized spacial score (nSPS) is 20.2. The molecule has 70 valence electrons. The summed E-state index contributed by atoms with van der Waals surface area (Å²) >= 11 is 0. The van der Waals surface area contributed by atoms with Crippen LogP contribution in [0.4, 0.5) is 0 Å². The summed E-state index contributed by atoms with van der Waals surface area (Å²) < 4.78 is 0. The van der Waals surface area contributed by atoms with E-state index in [0.717, 1.165) is 18.8 Å². The third-order valence-electron chi connectivity index (χ3n) is 2.67. The van der Waals surface area contributed by atoms with Gasteiger partial charge in [-0.3, -0.25) is 5.41 Å². The van der Waals surface area contributed by atoms with E-state index in [0.29, 0.717) is 6.04 Å². The van der Waals surface area contributed by atoms with E-state index in [1.165, 1.54) is 25.7 Å². The summed E-state index contributed by atoms with van der Waals surface area (Å²) in [6.07, 6.45) is 6.00. The Hall–Kier alpha value is -0.530. The van der Waals surface area contributed by atoms with E-state index >= 15 is 0 Å². The van der Waals surface area contributed by atoms with Crippen molar-refractivity contribution >= 4 is 5.84 Å². The van der Waals surface area contributed by atoms with Crippen LogP contribution in [0.15, 0.2) is 0 Å². The monoisotopic (exact) mass is 168 g/mol. The maximum Gasteiger partial charge on any atom is 0.0960 e. The van der Waals surface area contributed by atoms with Gasteiger partial charge in [0.1, 0.15) is 0 Å². The number of hydrogen-bond donors (Lipinski definition) is 1. The SMILES string of the molecule is CCCCC(C)N1CCCC1=N. The first-order valence-corrected chi connectivity index (χ1v) is 5.09. The van der Waals surface area contributed by atoms with E-state index in [9.17, 15) is 0 Å². The van der Waals surface area contributed by atoms with Crippen molar-refractivity contribution in [3.63, 3.8) is 0 Å².